The highest BCUT2D eigenvalue weighted by Gasteiger charge is 2.04. The van der Waals surface area contributed by atoms with Crippen molar-refractivity contribution >= 4 is 5.97 Å². The Balaban J connectivity index is 1.84. The molecule has 0 fully saturated rings. The van der Waals surface area contributed by atoms with Crippen LogP contribution in [0, 0.1) is 5.92 Å². The molecule has 0 aliphatic rings. The number of hydrogen-bond acceptors (Lipinski definition) is 4. The molecule has 0 saturated heterocycles. The van der Waals surface area contributed by atoms with Gasteiger partial charge in [-0.05, 0) is 48.2 Å². The van der Waals surface area contributed by atoms with E-state index in [1.54, 1.807) is 6.92 Å². The van der Waals surface area contributed by atoms with Crippen LogP contribution in [0.1, 0.15) is 27.2 Å². The summed E-state index contributed by atoms with van der Waals surface area (Å²) in [5, 5.41) is 0. The summed E-state index contributed by atoms with van der Waals surface area (Å²) in [6.45, 7) is 10.7. The number of ether oxygens (including phenoxy) is 3. The minimum Gasteiger partial charge on any atom is -0.493 e. The Morgan fingerprint density at radius 3 is 1.93 bits per heavy atom. The van der Waals surface area contributed by atoms with Gasteiger partial charge < -0.3 is 14.2 Å². The highest BCUT2D eigenvalue weighted by atomic mass is 16.6. The first-order valence-corrected chi connectivity index (χ1v) is 9.28. The zero-order chi connectivity index (χ0) is 19.6. The maximum atomic E-state index is 11.3. The summed E-state index contributed by atoms with van der Waals surface area (Å²) in [5.74, 6) is 1.79. The van der Waals surface area contributed by atoms with E-state index in [4.69, 9.17) is 14.2 Å². The number of benzene rings is 2. The summed E-state index contributed by atoms with van der Waals surface area (Å²) in [7, 11) is 0. The van der Waals surface area contributed by atoms with Crippen LogP contribution in [-0.2, 0) is 9.53 Å². The third-order valence-electron chi connectivity index (χ3n) is 4.21. The van der Waals surface area contributed by atoms with Crippen LogP contribution in [0.5, 0.6) is 11.5 Å². The lowest BCUT2D eigenvalue weighted by Crippen LogP contribution is -2.12. The number of carbonyl (C=O) groups excluding carboxylic acids is 1. The first-order valence-electron chi connectivity index (χ1n) is 9.28. The number of carbonyl (C=O) groups is 1. The summed E-state index contributed by atoms with van der Waals surface area (Å²) in [6.07, 6.45) is 1.11. The lowest BCUT2D eigenvalue weighted by molar-refractivity contribution is -0.139. The van der Waals surface area contributed by atoms with E-state index in [0.29, 0.717) is 18.1 Å². The normalized spacial score (nSPS) is 11.5. The molecule has 2 aromatic carbocycles. The van der Waals surface area contributed by atoms with Crippen molar-refractivity contribution in [3.63, 3.8) is 0 Å². The molecule has 4 nitrogen and oxygen atoms in total. The van der Waals surface area contributed by atoms with Crippen LogP contribution in [0.25, 0.3) is 11.1 Å². The van der Waals surface area contributed by atoms with Crippen LogP contribution in [-0.4, -0.2) is 25.8 Å². The van der Waals surface area contributed by atoms with Crippen LogP contribution in [0.2, 0.25) is 0 Å². The lowest BCUT2D eigenvalue weighted by atomic mass is 10.1. The fourth-order valence-corrected chi connectivity index (χ4v) is 2.26. The molecule has 1 atom stereocenters. The summed E-state index contributed by atoms with van der Waals surface area (Å²) < 4.78 is 16.4. The summed E-state index contributed by atoms with van der Waals surface area (Å²) in [4.78, 5) is 11.3. The maximum absolute atomic E-state index is 11.3. The van der Waals surface area contributed by atoms with Gasteiger partial charge in [0.1, 0.15) is 24.7 Å². The SMILES string of the molecule is C=C(C)C(=O)OCCOc1ccc(-c2ccc(OCC(C)CC)cc2)cc1. The summed E-state index contributed by atoms with van der Waals surface area (Å²) >= 11 is 0. The van der Waals surface area contributed by atoms with Gasteiger partial charge in [-0.3, -0.25) is 0 Å². The topological polar surface area (TPSA) is 44.8 Å². The van der Waals surface area contributed by atoms with Crippen molar-refractivity contribution in [2.75, 3.05) is 19.8 Å². The standard InChI is InChI=1S/C23H28O4/c1-5-18(4)16-27-22-12-8-20(9-13-22)19-6-10-21(11-7-19)25-14-15-26-23(24)17(2)3/h6-13,18H,2,5,14-16H2,1,3-4H3. The van der Waals surface area contributed by atoms with Gasteiger partial charge in [0.25, 0.3) is 0 Å². The van der Waals surface area contributed by atoms with Gasteiger partial charge in [-0.15, -0.1) is 0 Å². The molecule has 0 spiro atoms. The third kappa shape index (κ3) is 6.81. The third-order valence-corrected chi connectivity index (χ3v) is 4.21. The van der Waals surface area contributed by atoms with Crippen LogP contribution in [0.3, 0.4) is 0 Å². The van der Waals surface area contributed by atoms with Gasteiger partial charge in [-0.25, -0.2) is 4.79 Å². The Hall–Kier alpha value is -2.75. The van der Waals surface area contributed by atoms with Gasteiger partial charge in [0, 0.05) is 5.57 Å². The fraction of sp³-hybridized carbons (Fsp3) is 0.348. The monoisotopic (exact) mass is 368 g/mol. The van der Waals surface area contributed by atoms with Gasteiger partial charge in [0.05, 0.1) is 6.61 Å². The smallest absolute Gasteiger partial charge is 0.333 e. The Morgan fingerprint density at radius 1 is 0.926 bits per heavy atom. The van der Waals surface area contributed by atoms with E-state index in [9.17, 15) is 4.79 Å². The second-order valence-corrected chi connectivity index (χ2v) is 6.64. The second kappa shape index (κ2) is 10.4. The predicted molar refractivity (Wildman–Crippen MR) is 108 cm³/mol. The van der Waals surface area contributed by atoms with E-state index in [-0.39, 0.29) is 6.61 Å². The molecule has 144 valence electrons. The molecule has 2 rings (SSSR count). The van der Waals surface area contributed by atoms with Crippen LogP contribution >= 0.6 is 0 Å². The molecule has 0 aliphatic heterocycles. The van der Waals surface area contributed by atoms with Crippen molar-refractivity contribution in [3.8, 4) is 22.6 Å². The molecular weight excluding hydrogens is 340 g/mol. The van der Waals surface area contributed by atoms with Crippen molar-refractivity contribution in [2.45, 2.75) is 27.2 Å². The molecule has 4 heteroatoms. The average molecular weight is 368 g/mol. The molecule has 2 aromatic rings. The first-order chi connectivity index (χ1) is 13.0. The molecule has 0 aromatic heterocycles. The van der Waals surface area contributed by atoms with Crippen molar-refractivity contribution in [1.29, 1.82) is 0 Å². The Labute approximate surface area is 161 Å². The van der Waals surface area contributed by atoms with Crippen molar-refractivity contribution in [1.82, 2.24) is 0 Å². The first kappa shape index (κ1) is 20.6. The summed E-state index contributed by atoms with van der Waals surface area (Å²) in [6, 6.07) is 15.9. The van der Waals surface area contributed by atoms with Crippen LogP contribution in [0.4, 0.5) is 0 Å². The summed E-state index contributed by atoms with van der Waals surface area (Å²) in [5.41, 5.74) is 2.60. The molecule has 1 unspecified atom stereocenters. The number of rotatable bonds is 10. The van der Waals surface area contributed by atoms with Gasteiger partial charge in [-0.1, -0.05) is 51.1 Å². The van der Waals surface area contributed by atoms with E-state index < -0.39 is 5.97 Å². The molecule has 0 amide bonds. The second-order valence-electron chi connectivity index (χ2n) is 6.64. The molecule has 0 radical (unpaired) electrons. The molecule has 27 heavy (non-hydrogen) atoms. The molecule has 0 N–H and O–H groups in total. The van der Waals surface area contributed by atoms with Crippen molar-refractivity contribution < 1.29 is 19.0 Å². The zero-order valence-electron chi connectivity index (χ0n) is 16.4. The molecular formula is C23H28O4. The van der Waals surface area contributed by atoms with Crippen LogP contribution in [0.15, 0.2) is 60.7 Å². The van der Waals surface area contributed by atoms with Gasteiger partial charge in [0.2, 0.25) is 0 Å². The van der Waals surface area contributed by atoms with Gasteiger partial charge >= 0.3 is 5.97 Å². The number of esters is 1. The van der Waals surface area contributed by atoms with E-state index in [0.717, 1.165) is 35.7 Å². The largest absolute Gasteiger partial charge is 0.493 e. The van der Waals surface area contributed by atoms with E-state index >= 15 is 0 Å². The number of hydrogen-bond donors (Lipinski definition) is 0. The van der Waals surface area contributed by atoms with Crippen LogP contribution < -0.4 is 9.47 Å². The minimum absolute atomic E-state index is 0.200. The van der Waals surface area contributed by atoms with Crippen molar-refractivity contribution in [3.05, 3.63) is 60.7 Å². The quantitative estimate of drug-likeness (QED) is 0.325. The molecule has 0 heterocycles. The Kier molecular flexibility index (Phi) is 7.93. The van der Waals surface area contributed by atoms with Crippen molar-refractivity contribution in [2.24, 2.45) is 5.92 Å². The highest BCUT2D eigenvalue weighted by molar-refractivity contribution is 5.86. The van der Waals surface area contributed by atoms with Gasteiger partial charge in [-0.2, -0.15) is 0 Å². The maximum Gasteiger partial charge on any atom is 0.333 e. The molecule has 0 aliphatic carbocycles. The Bertz CT molecular complexity index is 732. The van der Waals surface area contributed by atoms with Gasteiger partial charge in [0.15, 0.2) is 0 Å². The average Bonchev–Trinajstić information content (AvgIpc) is 2.70. The highest BCUT2D eigenvalue weighted by Crippen LogP contribution is 2.25. The van der Waals surface area contributed by atoms with E-state index in [1.807, 2.05) is 36.4 Å². The lowest BCUT2D eigenvalue weighted by Gasteiger charge is -2.11. The predicted octanol–water partition coefficient (Wildman–Crippen LogP) is 5.28. The molecule has 0 saturated carbocycles. The fourth-order valence-electron chi connectivity index (χ4n) is 2.26. The minimum atomic E-state index is -0.398. The van der Waals surface area contributed by atoms with E-state index in [2.05, 4.69) is 32.6 Å². The van der Waals surface area contributed by atoms with E-state index in [1.165, 1.54) is 0 Å². The zero-order valence-corrected chi connectivity index (χ0v) is 16.4. The Morgan fingerprint density at radius 2 is 1.44 bits per heavy atom. The molecule has 0 bridgehead atoms.